The molecular formula is C26H10F4N2S6. The van der Waals surface area contributed by atoms with Crippen LogP contribution in [0.25, 0.3) is 33.8 Å². The Morgan fingerprint density at radius 2 is 1.26 bits per heavy atom. The van der Waals surface area contributed by atoms with Crippen molar-refractivity contribution in [1.82, 2.24) is 0 Å². The topological polar surface area (TPSA) is 28.1 Å². The molecule has 0 radical (unpaired) electrons. The monoisotopic (exact) mass is 618 g/mol. The Labute approximate surface area is 237 Å². The summed E-state index contributed by atoms with van der Waals surface area (Å²) >= 11 is 7.43. The average Bonchev–Trinajstić information content (AvgIpc) is 3.71. The second-order valence-corrected chi connectivity index (χ2v) is 14.4. The van der Waals surface area contributed by atoms with E-state index < -0.39 is 23.3 Å². The lowest BCUT2D eigenvalue weighted by Crippen LogP contribution is -1.86. The number of thiophene rings is 6. The van der Waals surface area contributed by atoms with E-state index >= 15 is 0 Å². The van der Waals surface area contributed by atoms with Crippen molar-refractivity contribution in [2.75, 3.05) is 0 Å². The quantitative estimate of drug-likeness (QED) is 0.135. The van der Waals surface area contributed by atoms with Gasteiger partial charge in [-0.05, 0) is 35.0 Å². The Hall–Kier alpha value is -2.84. The van der Waals surface area contributed by atoms with Gasteiger partial charge in [-0.2, -0.15) is 5.26 Å². The van der Waals surface area contributed by atoms with Crippen molar-refractivity contribution < 1.29 is 17.6 Å². The second-order valence-electron chi connectivity index (χ2n) is 7.99. The van der Waals surface area contributed by atoms with E-state index in [1.54, 1.807) is 10.8 Å². The molecule has 0 aliphatic heterocycles. The van der Waals surface area contributed by atoms with Gasteiger partial charge in [-0.1, -0.05) is 0 Å². The number of nitriles is 1. The van der Waals surface area contributed by atoms with E-state index in [1.165, 1.54) is 34.8 Å². The Balaban J connectivity index is 1.27. The maximum absolute atomic E-state index is 14.9. The van der Waals surface area contributed by atoms with E-state index in [1.807, 2.05) is 18.2 Å². The maximum Gasteiger partial charge on any atom is 0.236 e. The molecule has 0 amide bonds. The van der Waals surface area contributed by atoms with Gasteiger partial charge in [0.1, 0.15) is 29.1 Å². The average molecular weight is 619 g/mol. The number of nitrogens with zero attached hydrogens (tertiary/aromatic N) is 2. The van der Waals surface area contributed by atoms with Gasteiger partial charge in [0, 0.05) is 41.8 Å². The van der Waals surface area contributed by atoms with Gasteiger partial charge in [-0.3, -0.25) is 0 Å². The van der Waals surface area contributed by atoms with Crippen LogP contribution in [0, 0.1) is 41.2 Å². The lowest BCUT2D eigenvalue weighted by Gasteiger charge is -1.96. The van der Waals surface area contributed by atoms with E-state index in [0.717, 1.165) is 64.5 Å². The highest BCUT2D eigenvalue weighted by Crippen LogP contribution is 2.46. The highest BCUT2D eigenvalue weighted by Gasteiger charge is 2.25. The molecule has 0 saturated heterocycles. The Morgan fingerprint density at radius 3 is 1.76 bits per heavy atom. The molecule has 0 atom stereocenters. The molecule has 0 saturated carbocycles. The van der Waals surface area contributed by atoms with Crippen LogP contribution in [-0.2, 0) is 12.8 Å². The van der Waals surface area contributed by atoms with Crippen molar-refractivity contribution in [2.24, 2.45) is 0 Å². The second kappa shape index (κ2) is 10.0. The summed E-state index contributed by atoms with van der Waals surface area (Å²) in [6.45, 7) is 7.44. The van der Waals surface area contributed by atoms with E-state index in [2.05, 4.69) is 4.85 Å². The van der Waals surface area contributed by atoms with Crippen LogP contribution < -0.4 is 0 Å². The number of hydrogen-bond donors (Lipinski definition) is 0. The van der Waals surface area contributed by atoms with E-state index in [9.17, 15) is 22.8 Å². The molecule has 188 valence electrons. The summed E-state index contributed by atoms with van der Waals surface area (Å²) in [4.78, 5) is 7.04. The summed E-state index contributed by atoms with van der Waals surface area (Å²) in [5, 5.41) is 12.6. The van der Waals surface area contributed by atoms with Crippen molar-refractivity contribution in [3.63, 3.8) is 0 Å². The largest absolute Gasteiger partial charge is 0.236 e. The van der Waals surface area contributed by atoms with Crippen LogP contribution in [0.3, 0.4) is 0 Å². The molecule has 6 heterocycles. The van der Waals surface area contributed by atoms with Crippen LogP contribution in [-0.4, -0.2) is 0 Å². The predicted octanol–water partition coefficient (Wildman–Crippen LogP) is 10.7. The first-order valence-electron chi connectivity index (χ1n) is 10.8. The van der Waals surface area contributed by atoms with Crippen LogP contribution >= 0.6 is 68.0 Å². The third-order valence-electron chi connectivity index (χ3n) is 5.67. The first-order chi connectivity index (χ1) is 18.4. The Kier molecular flexibility index (Phi) is 6.72. The van der Waals surface area contributed by atoms with E-state index in [0.29, 0.717) is 22.6 Å². The van der Waals surface area contributed by atoms with Crippen molar-refractivity contribution in [3.05, 3.63) is 94.8 Å². The first kappa shape index (κ1) is 25.4. The zero-order chi connectivity index (χ0) is 26.6. The number of fused-ring (bicyclic) bond motifs is 1. The van der Waals surface area contributed by atoms with Crippen LogP contribution in [0.1, 0.15) is 25.1 Å². The molecule has 0 fully saturated rings. The predicted molar refractivity (Wildman–Crippen MR) is 151 cm³/mol. The molecule has 2 nitrogen and oxygen atoms in total. The fourth-order valence-electron chi connectivity index (χ4n) is 4.00. The SMILES string of the molecule is [C-]#[N+]c1c(Cc2cc3sc(Cc4sc(-c5sccc5F)c(F)c4C#N)cc3s2)sc(-c2sccc2F)c1F. The summed E-state index contributed by atoms with van der Waals surface area (Å²) in [6, 6.07) is 8.46. The summed E-state index contributed by atoms with van der Waals surface area (Å²) in [7, 11) is 0. The third kappa shape index (κ3) is 4.31. The molecule has 0 bridgehead atoms. The number of halogens is 4. The maximum atomic E-state index is 14.9. The number of hydrogen-bond acceptors (Lipinski definition) is 7. The molecule has 0 N–H and O–H groups in total. The smallest absolute Gasteiger partial charge is 0.234 e. The van der Waals surface area contributed by atoms with Gasteiger partial charge in [0.2, 0.25) is 5.69 Å². The van der Waals surface area contributed by atoms with Crippen molar-refractivity contribution in [3.8, 4) is 25.6 Å². The fourth-order valence-corrected chi connectivity index (χ4v) is 10.8. The molecule has 6 aromatic rings. The zero-order valence-electron chi connectivity index (χ0n) is 18.7. The molecule has 0 spiro atoms. The Morgan fingerprint density at radius 1 is 0.737 bits per heavy atom. The first-order valence-corrected chi connectivity index (χ1v) is 15.8. The fraction of sp³-hybridized carbons (Fsp3) is 0.0769. The molecule has 12 heteroatoms. The van der Waals surface area contributed by atoms with Crippen LogP contribution in [0.5, 0.6) is 0 Å². The standard InChI is InChI=1S/C26H10F4N2S6/c1-32-22-19(38-26(21(22)30)24-15(28)3-5-34-24)9-12-8-18-17(36-12)7-11(35-18)6-16-13(10-31)20(29)25(37-16)23-14(27)2-4-33-23/h2-5,7-8H,6,9H2. The molecule has 0 aromatic carbocycles. The van der Waals surface area contributed by atoms with Crippen LogP contribution in [0.2, 0.25) is 0 Å². The van der Waals surface area contributed by atoms with Gasteiger partial charge in [0.25, 0.3) is 0 Å². The minimum atomic E-state index is -0.685. The van der Waals surface area contributed by atoms with Gasteiger partial charge in [-0.15, -0.1) is 68.0 Å². The van der Waals surface area contributed by atoms with Gasteiger partial charge < -0.3 is 0 Å². The summed E-state index contributed by atoms with van der Waals surface area (Å²) in [5.74, 6) is -2.37. The van der Waals surface area contributed by atoms with Crippen molar-refractivity contribution >= 4 is 83.1 Å². The molecule has 6 rings (SSSR count). The van der Waals surface area contributed by atoms with Crippen LogP contribution in [0.15, 0.2) is 35.0 Å². The van der Waals surface area contributed by atoms with Gasteiger partial charge in [-0.25, -0.2) is 22.4 Å². The zero-order valence-corrected chi connectivity index (χ0v) is 23.6. The molecule has 0 aliphatic carbocycles. The van der Waals surface area contributed by atoms with E-state index in [4.69, 9.17) is 6.57 Å². The minimum absolute atomic E-state index is 0.0559. The normalized spacial score (nSPS) is 11.3. The van der Waals surface area contributed by atoms with E-state index in [-0.39, 0.29) is 30.8 Å². The molecule has 0 unspecified atom stereocenters. The Bertz CT molecular complexity index is 1750. The van der Waals surface area contributed by atoms with Crippen molar-refractivity contribution in [2.45, 2.75) is 12.8 Å². The van der Waals surface area contributed by atoms with Crippen molar-refractivity contribution in [1.29, 1.82) is 5.26 Å². The highest BCUT2D eigenvalue weighted by molar-refractivity contribution is 7.28. The highest BCUT2D eigenvalue weighted by atomic mass is 32.1. The lowest BCUT2D eigenvalue weighted by atomic mass is 10.2. The van der Waals surface area contributed by atoms with Gasteiger partial charge in [0.15, 0.2) is 5.82 Å². The summed E-state index contributed by atoms with van der Waals surface area (Å²) in [5.41, 5.74) is -0.128. The van der Waals surface area contributed by atoms with Gasteiger partial charge in [0.05, 0.1) is 26.1 Å². The summed E-state index contributed by atoms with van der Waals surface area (Å²) in [6.07, 6.45) is 0.713. The summed E-state index contributed by atoms with van der Waals surface area (Å²) < 4.78 is 59.9. The minimum Gasteiger partial charge on any atom is -0.234 e. The lowest BCUT2D eigenvalue weighted by molar-refractivity contribution is 0.621. The molecule has 6 aromatic heterocycles. The molecule has 38 heavy (non-hydrogen) atoms. The van der Waals surface area contributed by atoms with Crippen LogP contribution in [0.4, 0.5) is 23.2 Å². The van der Waals surface area contributed by atoms with Gasteiger partial charge >= 0.3 is 0 Å². The number of rotatable bonds is 6. The third-order valence-corrected chi connectivity index (χ3v) is 12.4. The molecular weight excluding hydrogens is 609 g/mol. The molecule has 0 aliphatic rings.